The molecule has 2 heterocycles. The number of benzene rings is 1. The minimum absolute atomic E-state index is 0.424. The number of likely N-dealkylation sites (N-methyl/N-ethyl adjacent to an activating group) is 2. The largest absolute Gasteiger partial charge is 0.497 e. The number of hydrogen-bond donors (Lipinski definition) is 2. The fraction of sp³-hybridized carbons (Fsp3) is 0.696. The van der Waals surface area contributed by atoms with Crippen LogP contribution in [0, 0.1) is 0 Å². The van der Waals surface area contributed by atoms with Gasteiger partial charge in [-0.15, -0.1) is 0 Å². The fourth-order valence-electron chi connectivity index (χ4n) is 4.27. The first-order chi connectivity index (χ1) is 15.0. The summed E-state index contributed by atoms with van der Waals surface area (Å²) in [6.45, 7) is 9.10. The lowest BCUT2D eigenvalue weighted by atomic mass is 10.0. The number of anilines is 1. The fourth-order valence-corrected chi connectivity index (χ4v) is 4.27. The van der Waals surface area contributed by atoms with E-state index in [9.17, 15) is 0 Å². The molecule has 2 aliphatic heterocycles. The third-order valence-electron chi connectivity index (χ3n) is 6.32. The number of piperazine rings is 1. The Bertz CT molecular complexity index is 698. The van der Waals surface area contributed by atoms with Crippen LogP contribution in [0.3, 0.4) is 0 Å². The molecule has 0 aromatic heterocycles. The average Bonchev–Trinajstić information content (AvgIpc) is 2.79. The molecule has 8 nitrogen and oxygen atoms in total. The van der Waals surface area contributed by atoms with Crippen molar-refractivity contribution in [3.8, 4) is 11.5 Å². The molecular weight excluding hydrogens is 392 g/mol. The van der Waals surface area contributed by atoms with Gasteiger partial charge in [0.05, 0.1) is 20.8 Å². The van der Waals surface area contributed by atoms with E-state index in [4.69, 9.17) is 14.5 Å². The normalized spacial score (nSPS) is 21.8. The standard InChI is InChI=1S/C23H40N6O2/c1-6-24-23(25-16-20-17-27(2)11-12-28(20)3)26-18-7-9-29(10-8-18)19-13-21(30-4)15-22(14-19)31-5/h13-15,18,20H,6-12,16-17H2,1-5H3,(H2,24,25,26). The SMILES string of the molecule is CCNC(=NCC1CN(C)CCN1C)NC1CCN(c2cc(OC)cc(OC)c2)CC1. The van der Waals surface area contributed by atoms with Crippen molar-refractivity contribution in [1.29, 1.82) is 0 Å². The van der Waals surface area contributed by atoms with Gasteiger partial charge in [0.1, 0.15) is 11.5 Å². The van der Waals surface area contributed by atoms with E-state index in [1.54, 1.807) is 14.2 Å². The lowest BCUT2D eigenvalue weighted by Crippen LogP contribution is -2.52. The van der Waals surface area contributed by atoms with Crippen LogP contribution in [0.25, 0.3) is 0 Å². The van der Waals surface area contributed by atoms with Crippen LogP contribution < -0.4 is 25.0 Å². The molecule has 1 aromatic carbocycles. The number of methoxy groups -OCH3 is 2. The molecule has 8 heteroatoms. The predicted molar refractivity (Wildman–Crippen MR) is 128 cm³/mol. The van der Waals surface area contributed by atoms with Crippen LogP contribution in [0.15, 0.2) is 23.2 Å². The maximum Gasteiger partial charge on any atom is 0.191 e. The second-order valence-electron chi connectivity index (χ2n) is 8.59. The van der Waals surface area contributed by atoms with Crippen LogP contribution in [0.4, 0.5) is 5.69 Å². The molecule has 31 heavy (non-hydrogen) atoms. The van der Waals surface area contributed by atoms with Crippen molar-refractivity contribution in [2.75, 3.05) is 79.0 Å². The first-order valence-electron chi connectivity index (χ1n) is 11.4. The molecule has 2 fully saturated rings. The topological polar surface area (TPSA) is 64.6 Å². The first kappa shape index (κ1) is 23.5. The van der Waals surface area contributed by atoms with Gasteiger partial charge >= 0.3 is 0 Å². The van der Waals surface area contributed by atoms with Gasteiger partial charge in [0, 0.05) is 75.2 Å². The summed E-state index contributed by atoms with van der Waals surface area (Å²) in [4.78, 5) is 12.1. The highest BCUT2D eigenvalue weighted by molar-refractivity contribution is 5.80. The number of guanidine groups is 1. The molecule has 3 rings (SSSR count). The van der Waals surface area contributed by atoms with Gasteiger partial charge in [0.2, 0.25) is 0 Å². The van der Waals surface area contributed by atoms with Gasteiger partial charge in [-0.05, 0) is 33.9 Å². The van der Waals surface area contributed by atoms with E-state index in [2.05, 4.69) is 58.5 Å². The molecule has 1 atom stereocenters. The zero-order chi connectivity index (χ0) is 22.2. The molecule has 174 valence electrons. The molecule has 1 aromatic rings. The summed E-state index contributed by atoms with van der Waals surface area (Å²) in [5.74, 6) is 2.59. The Kier molecular flexibility index (Phi) is 8.66. The number of nitrogens with zero attached hydrogens (tertiary/aromatic N) is 4. The van der Waals surface area contributed by atoms with E-state index in [-0.39, 0.29) is 0 Å². The molecule has 1 unspecified atom stereocenters. The van der Waals surface area contributed by atoms with Gasteiger partial charge < -0.3 is 29.9 Å². The number of piperidine rings is 1. The van der Waals surface area contributed by atoms with Gasteiger partial charge in [-0.3, -0.25) is 9.89 Å². The Hall–Kier alpha value is -2.19. The summed E-state index contributed by atoms with van der Waals surface area (Å²) >= 11 is 0. The number of rotatable bonds is 7. The van der Waals surface area contributed by atoms with E-state index in [0.717, 1.165) is 81.8 Å². The van der Waals surface area contributed by atoms with Crippen molar-refractivity contribution in [3.05, 3.63) is 18.2 Å². The smallest absolute Gasteiger partial charge is 0.191 e. The molecular formula is C23H40N6O2. The highest BCUT2D eigenvalue weighted by atomic mass is 16.5. The molecule has 0 saturated carbocycles. The number of ether oxygens (including phenoxy) is 2. The van der Waals surface area contributed by atoms with Gasteiger partial charge in [0.15, 0.2) is 5.96 Å². The van der Waals surface area contributed by atoms with Crippen LogP contribution in [0.1, 0.15) is 19.8 Å². The van der Waals surface area contributed by atoms with E-state index in [1.165, 1.54) is 0 Å². The van der Waals surface area contributed by atoms with E-state index >= 15 is 0 Å². The summed E-state index contributed by atoms with van der Waals surface area (Å²) in [6.07, 6.45) is 2.13. The summed E-state index contributed by atoms with van der Waals surface area (Å²) in [5, 5.41) is 7.10. The average molecular weight is 433 g/mol. The third kappa shape index (κ3) is 6.64. The van der Waals surface area contributed by atoms with Crippen molar-refractivity contribution in [2.24, 2.45) is 4.99 Å². The maximum absolute atomic E-state index is 5.43. The summed E-state index contributed by atoms with van der Waals surface area (Å²) < 4.78 is 10.9. The Labute approximate surface area is 187 Å². The Balaban J connectivity index is 1.55. The minimum atomic E-state index is 0.424. The second kappa shape index (κ2) is 11.4. The number of nitrogens with one attached hydrogen (secondary N) is 2. The zero-order valence-electron chi connectivity index (χ0n) is 19.9. The van der Waals surface area contributed by atoms with Gasteiger partial charge in [-0.25, -0.2) is 0 Å². The molecule has 0 spiro atoms. The Morgan fingerprint density at radius 3 is 2.32 bits per heavy atom. The number of aliphatic imine (C=N–C) groups is 1. The highest BCUT2D eigenvalue weighted by Crippen LogP contribution is 2.30. The first-order valence-corrected chi connectivity index (χ1v) is 11.4. The van der Waals surface area contributed by atoms with Crippen LogP contribution >= 0.6 is 0 Å². The van der Waals surface area contributed by atoms with Crippen LogP contribution in [-0.4, -0.2) is 102 Å². The molecule has 0 aliphatic carbocycles. The van der Waals surface area contributed by atoms with E-state index in [0.29, 0.717) is 12.1 Å². The molecule has 0 radical (unpaired) electrons. The van der Waals surface area contributed by atoms with Crippen LogP contribution in [-0.2, 0) is 0 Å². The number of hydrogen-bond acceptors (Lipinski definition) is 6. The van der Waals surface area contributed by atoms with Crippen LogP contribution in [0.5, 0.6) is 11.5 Å². The summed E-state index contributed by atoms with van der Waals surface area (Å²) in [5.41, 5.74) is 1.15. The predicted octanol–water partition coefficient (Wildman–Crippen LogP) is 1.47. The Morgan fingerprint density at radius 2 is 1.71 bits per heavy atom. The Morgan fingerprint density at radius 1 is 1.03 bits per heavy atom. The van der Waals surface area contributed by atoms with E-state index in [1.807, 2.05) is 6.07 Å². The summed E-state index contributed by atoms with van der Waals surface area (Å²) in [6, 6.07) is 6.98. The zero-order valence-corrected chi connectivity index (χ0v) is 19.9. The minimum Gasteiger partial charge on any atom is -0.497 e. The van der Waals surface area contributed by atoms with Crippen molar-refractivity contribution < 1.29 is 9.47 Å². The third-order valence-corrected chi connectivity index (χ3v) is 6.32. The summed E-state index contributed by atoms with van der Waals surface area (Å²) in [7, 11) is 7.79. The van der Waals surface area contributed by atoms with Crippen LogP contribution in [0.2, 0.25) is 0 Å². The quantitative estimate of drug-likeness (QED) is 0.500. The highest BCUT2D eigenvalue weighted by Gasteiger charge is 2.23. The lowest BCUT2D eigenvalue weighted by Gasteiger charge is -2.37. The van der Waals surface area contributed by atoms with Crippen molar-refractivity contribution in [1.82, 2.24) is 20.4 Å². The molecule has 2 aliphatic rings. The van der Waals surface area contributed by atoms with Crippen molar-refractivity contribution in [2.45, 2.75) is 31.8 Å². The van der Waals surface area contributed by atoms with Crippen molar-refractivity contribution in [3.63, 3.8) is 0 Å². The monoisotopic (exact) mass is 432 g/mol. The maximum atomic E-state index is 5.43. The lowest BCUT2D eigenvalue weighted by molar-refractivity contribution is 0.119. The molecule has 2 N–H and O–H groups in total. The van der Waals surface area contributed by atoms with Gasteiger partial charge in [-0.1, -0.05) is 0 Å². The molecule has 0 amide bonds. The van der Waals surface area contributed by atoms with Crippen molar-refractivity contribution >= 4 is 11.6 Å². The second-order valence-corrected chi connectivity index (χ2v) is 8.59. The van der Waals surface area contributed by atoms with Gasteiger partial charge in [0.25, 0.3) is 0 Å². The molecule has 0 bridgehead atoms. The van der Waals surface area contributed by atoms with E-state index < -0.39 is 0 Å². The van der Waals surface area contributed by atoms with Gasteiger partial charge in [-0.2, -0.15) is 0 Å². The molecule has 2 saturated heterocycles.